The lowest BCUT2D eigenvalue weighted by Crippen LogP contribution is -2.25. The fraction of sp³-hybridized carbons (Fsp3) is 0.174. The summed E-state index contributed by atoms with van der Waals surface area (Å²) < 4.78 is 4.44. The van der Waals surface area contributed by atoms with Crippen molar-refractivity contribution in [1.29, 1.82) is 0 Å². The largest absolute Gasteiger partial charge is 0.323 e. The van der Waals surface area contributed by atoms with E-state index in [0.717, 1.165) is 43.9 Å². The zero-order valence-corrected chi connectivity index (χ0v) is 17.6. The van der Waals surface area contributed by atoms with E-state index < -0.39 is 0 Å². The first kappa shape index (κ1) is 18.1. The highest BCUT2D eigenvalue weighted by Crippen LogP contribution is 2.31. The van der Waals surface area contributed by atoms with Gasteiger partial charge >= 0.3 is 0 Å². The number of aryl methyl sites for hydroxylation is 1. The predicted octanol–water partition coefficient (Wildman–Crippen LogP) is 3.31. The summed E-state index contributed by atoms with van der Waals surface area (Å²) >= 11 is 1.62. The summed E-state index contributed by atoms with van der Waals surface area (Å²) in [6.07, 6.45) is 8.01. The summed E-state index contributed by atoms with van der Waals surface area (Å²) in [5, 5.41) is 6.37. The topological polar surface area (TPSA) is 78.0 Å². The van der Waals surface area contributed by atoms with E-state index in [4.69, 9.17) is 4.98 Å². The van der Waals surface area contributed by atoms with Crippen LogP contribution in [0, 0.1) is 0 Å². The van der Waals surface area contributed by atoms with E-state index >= 15 is 0 Å². The molecule has 0 amide bonds. The summed E-state index contributed by atoms with van der Waals surface area (Å²) in [6, 6.07) is 10.1. The molecule has 6 rings (SSSR count). The molecule has 0 N–H and O–H groups in total. The van der Waals surface area contributed by atoms with Crippen molar-refractivity contribution in [3.8, 4) is 0 Å². The number of aliphatic imine (C=N–C) groups is 1. The van der Waals surface area contributed by atoms with Crippen LogP contribution >= 0.6 is 11.3 Å². The lowest BCUT2D eigenvalue weighted by molar-refractivity contribution is 0.643. The zero-order valence-electron chi connectivity index (χ0n) is 16.8. The Morgan fingerprint density at radius 3 is 2.90 bits per heavy atom. The van der Waals surface area contributed by atoms with Crippen molar-refractivity contribution in [3.05, 3.63) is 86.5 Å². The SMILES string of the molecule is Cn1c2nc(Cc3ccncc3)sc2c2cnn(Cc3cccc4c3C=NC4)c(=O)c21. The van der Waals surface area contributed by atoms with Gasteiger partial charge in [-0.1, -0.05) is 18.2 Å². The van der Waals surface area contributed by atoms with E-state index in [1.165, 1.54) is 10.2 Å². The van der Waals surface area contributed by atoms with Crippen LogP contribution in [0.5, 0.6) is 0 Å². The smallest absolute Gasteiger partial charge is 0.291 e. The molecule has 5 aromatic rings. The van der Waals surface area contributed by atoms with Gasteiger partial charge in [-0.3, -0.25) is 14.8 Å². The van der Waals surface area contributed by atoms with Gasteiger partial charge in [0.15, 0.2) is 5.65 Å². The van der Waals surface area contributed by atoms with Gasteiger partial charge in [-0.2, -0.15) is 5.10 Å². The second kappa shape index (κ2) is 6.95. The van der Waals surface area contributed by atoms with Gasteiger partial charge in [0.1, 0.15) is 10.5 Å². The minimum atomic E-state index is -0.103. The Kier molecular flexibility index (Phi) is 4.07. The number of rotatable bonds is 4. The molecule has 0 radical (unpaired) electrons. The molecule has 1 aliphatic rings. The molecule has 5 heterocycles. The molecule has 152 valence electrons. The molecule has 0 saturated heterocycles. The van der Waals surface area contributed by atoms with Crippen LogP contribution in [-0.2, 0) is 26.6 Å². The maximum absolute atomic E-state index is 13.3. The van der Waals surface area contributed by atoms with Gasteiger partial charge in [-0.15, -0.1) is 11.3 Å². The van der Waals surface area contributed by atoms with Crippen LogP contribution in [-0.4, -0.2) is 30.5 Å². The van der Waals surface area contributed by atoms with Crippen LogP contribution < -0.4 is 5.56 Å². The van der Waals surface area contributed by atoms with Crippen LogP contribution in [0.25, 0.3) is 21.3 Å². The van der Waals surface area contributed by atoms with Gasteiger partial charge in [-0.05, 0) is 28.8 Å². The molecule has 0 fully saturated rings. The Labute approximate surface area is 181 Å². The highest BCUT2D eigenvalue weighted by Gasteiger charge is 2.19. The summed E-state index contributed by atoms with van der Waals surface area (Å²) in [7, 11) is 1.90. The maximum atomic E-state index is 13.3. The van der Waals surface area contributed by atoms with Gasteiger partial charge in [0.05, 0.1) is 24.0 Å². The number of hydrogen-bond donors (Lipinski definition) is 0. The number of nitrogens with zero attached hydrogens (tertiary/aromatic N) is 6. The van der Waals surface area contributed by atoms with Crippen molar-refractivity contribution in [2.75, 3.05) is 0 Å². The molecule has 4 aromatic heterocycles. The standard InChI is InChI=1S/C23H18N6OS/c1-28-20-18(21-22(28)27-19(31-21)9-14-5-7-24-8-6-14)12-26-29(23(20)30)13-16-4-2-3-15-10-25-11-17(15)16/h2-8,11-12H,9-10,13H2,1H3. The van der Waals surface area contributed by atoms with Crippen LogP contribution in [0.2, 0.25) is 0 Å². The first-order chi connectivity index (χ1) is 15.2. The molecule has 1 aromatic carbocycles. The second-order valence-electron chi connectivity index (χ2n) is 7.68. The minimum absolute atomic E-state index is 0.103. The highest BCUT2D eigenvalue weighted by molar-refractivity contribution is 7.19. The number of thiazole rings is 1. The Morgan fingerprint density at radius 2 is 2.03 bits per heavy atom. The van der Waals surface area contributed by atoms with E-state index in [9.17, 15) is 4.79 Å². The Hall–Kier alpha value is -3.65. The van der Waals surface area contributed by atoms with Crippen molar-refractivity contribution >= 4 is 38.8 Å². The third-order valence-corrected chi connectivity index (χ3v) is 6.84. The van der Waals surface area contributed by atoms with Crippen LogP contribution in [0.3, 0.4) is 0 Å². The molecule has 0 saturated carbocycles. The summed E-state index contributed by atoms with van der Waals surface area (Å²) in [5.74, 6) is 0. The average Bonchev–Trinajstić information content (AvgIpc) is 3.48. The number of pyridine rings is 1. The average molecular weight is 427 g/mol. The van der Waals surface area contributed by atoms with Gasteiger partial charge < -0.3 is 4.57 Å². The van der Waals surface area contributed by atoms with E-state index in [-0.39, 0.29) is 5.56 Å². The molecule has 0 unspecified atom stereocenters. The highest BCUT2D eigenvalue weighted by atomic mass is 32.1. The fourth-order valence-electron chi connectivity index (χ4n) is 4.20. The molecule has 8 heteroatoms. The molecular formula is C23H18N6OS. The number of aromatic nitrogens is 5. The fourth-order valence-corrected chi connectivity index (χ4v) is 5.34. The normalized spacial score (nSPS) is 12.8. The van der Waals surface area contributed by atoms with Crippen LogP contribution in [0.4, 0.5) is 0 Å². The van der Waals surface area contributed by atoms with Crippen LogP contribution in [0.15, 0.2) is 58.7 Å². The molecule has 0 spiro atoms. The number of hydrogen-bond acceptors (Lipinski definition) is 6. The van der Waals surface area contributed by atoms with Crippen molar-refractivity contribution in [1.82, 2.24) is 24.3 Å². The van der Waals surface area contributed by atoms with Crippen molar-refractivity contribution < 1.29 is 0 Å². The Balaban J connectivity index is 1.42. The molecule has 0 bridgehead atoms. The Bertz CT molecular complexity index is 1540. The van der Waals surface area contributed by atoms with E-state index in [2.05, 4.69) is 21.1 Å². The van der Waals surface area contributed by atoms with Crippen molar-refractivity contribution in [2.24, 2.45) is 12.0 Å². The number of benzene rings is 1. The Morgan fingerprint density at radius 1 is 1.16 bits per heavy atom. The summed E-state index contributed by atoms with van der Waals surface area (Å²) in [4.78, 5) is 26.5. The zero-order chi connectivity index (χ0) is 20.9. The van der Waals surface area contributed by atoms with Gasteiger partial charge in [0.25, 0.3) is 5.56 Å². The molecule has 1 aliphatic heterocycles. The third kappa shape index (κ3) is 2.90. The lowest BCUT2D eigenvalue weighted by Gasteiger charge is -2.09. The predicted molar refractivity (Wildman–Crippen MR) is 122 cm³/mol. The van der Waals surface area contributed by atoms with E-state index in [1.807, 2.05) is 42.1 Å². The molecule has 0 aliphatic carbocycles. The molecule has 7 nitrogen and oxygen atoms in total. The summed E-state index contributed by atoms with van der Waals surface area (Å²) in [5.41, 5.74) is 5.88. The number of fused-ring (bicyclic) bond motifs is 4. The first-order valence-electron chi connectivity index (χ1n) is 10.0. The molecule has 0 atom stereocenters. The monoisotopic (exact) mass is 426 g/mol. The van der Waals surface area contributed by atoms with E-state index in [0.29, 0.717) is 18.6 Å². The second-order valence-corrected chi connectivity index (χ2v) is 8.76. The third-order valence-electron chi connectivity index (χ3n) is 5.76. The van der Waals surface area contributed by atoms with Crippen molar-refractivity contribution in [2.45, 2.75) is 19.5 Å². The van der Waals surface area contributed by atoms with Gasteiger partial charge in [0.2, 0.25) is 0 Å². The first-order valence-corrected chi connectivity index (χ1v) is 10.8. The van der Waals surface area contributed by atoms with Crippen LogP contribution in [0.1, 0.15) is 27.3 Å². The lowest BCUT2D eigenvalue weighted by atomic mass is 10.0. The molecule has 31 heavy (non-hydrogen) atoms. The van der Waals surface area contributed by atoms with Crippen molar-refractivity contribution in [3.63, 3.8) is 0 Å². The minimum Gasteiger partial charge on any atom is -0.323 e. The summed E-state index contributed by atoms with van der Waals surface area (Å²) in [6.45, 7) is 1.12. The van der Waals surface area contributed by atoms with Gasteiger partial charge in [0, 0.05) is 43.0 Å². The quantitative estimate of drug-likeness (QED) is 0.442. The van der Waals surface area contributed by atoms with E-state index in [1.54, 1.807) is 29.9 Å². The van der Waals surface area contributed by atoms with Gasteiger partial charge in [-0.25, -0.2) is 9.67 Å². The maximum Gasteiger partial charge on any atom is 0.291 e. The molecular weight excluding hydrogens is 408 g/mol.